The van der Waals surface area contributed by atoms with Crippen LogP contribution in [0.25, 0.3) is 5.57 Å². The van der Waals surface area contributed by atoms with Gasteiger partial charge in [0.05, 0.1) is 5.92 Å². The molecular formula is C38H47N5O3. The lowest BCUT2D eigenvalue weighted by Gasteiger charge is -2.72. The molecule has 8 heteroatoms. The second-order valence-electron chi connectivity index (χ2n) is 14.9. The number of nitrogens with two attached hydrogens (primary N) is 1. The molecule has 1 amide bonds. The number of nitroso groups, excluding NO2 is 1. The summed E-state index contributed by atoms with van der Waals surface area (Å²) >= 11 is 0. The Hall–Kier alpha value is -4.17. The molecule has 0 heterocycles. The van der Waals surface area contributed by atoms with Crippen LogP contribution in [0.3, 0.4) is 0 Å². The Labute approximate surface area is 272 Å². The Morgan fingerprint density at radius 1 is 1.13 bits per heavy atom. The molecule has 0 aromatic heterocycles. The molecule has 2 saturated carbocycles. The van der Waals surface area contributed by atoms with Gasteiger partial charge in [0.25, 0.3) is 0 Å². The van der Waals surface area contributed by atoms with Gasteiger partial charge >= 0.3 is 0 Å². The minimum absolute atomic E-state index is 0.107. The van der Waals surface area contributed by atoms with Crippen LogP contribution in [0, 0.1) is 47.3 Å². The Balaban J connectivity index is 1.49. The van der Waals surface area contributed by atoms with Gasteiger partial charge in [0, 0.05) is 36.6 Å². The lowest BCUT2D eigenvalue weighted by molar-refractivity contribution is -0.213. The Bertz CT molecular complexity index is 1760. The predicted molar refractivity (Wildman–Crippen MR) is 187 cm³/mol. The lowest BCUT2D eigenvalue weighted by Crippen LogP contribution is -2.74. The van der Waals surface area contributed by atoms with Crippen LogP contribution in [0.4, 0.5) is 17.1 Å². The van der Waals surface area contributed by atoms with Crippen molar-refractivity contribution in [3.8, 4) is 0 Å². The van der Waals surface area contributed by atoms with Gasteiger partial charge in [-0.1, -0.05) is 56.5 Å². The molecule has 0 aliphatic heterocycles. The molecular weight excluding hydrogens is 574 g/mol. The van der Waals surface area contributed by atoms with E-state index in [1.54, 1.807) is 0 Å². The molecule has 2 fully saturated rings. The topological polar surface area (TPSA) is 120 Å². The Morgan fingerprint density at radius 3 is 2.35 bits per heavy atom. The van der Waals surface area contributed by atoms with Gasteiger partial charge < -0.3 is 26.4 Å². The highest BCUT2D eigenvalue weighted by Gasteiger charge is 2.75. The van der Waals surface area contributed by atoms with E-state index in [0.717, 1.165) is 51.3 Å². The number of fused-ring (bicyclic) bond motifs is 2. The highest BCUT2D eigenvalue weighted by Crippen LogP contribution is 2.75. The third-order valence-electron chi connectivity index (χ3n) is 11.8. The van der Waals surface area contributed by atoms with Crippen molar-refractivity contribution in [2.75, 3.05) is 29.6 Å². The number of nitrogens with one attached hydrogen (secondary N) is 2. The first kappa shape index (κ1) is 31.8. The number of allylic oxidation sites excluding steroid dienone is 2. The van der Waals surface area contributed by atoms with Crippen LogP contribution in [0.15, 0.2) is 77.8 Å². The van der Waals surface area contributed by atoms with Crippen molar-refractivity contribution in [1.82, 2.24) is 0 Å². The van der Waals surface area contributed by atoms with Crippen molar-refractivity contribution >= 4 is 28.5 Å². The van der Waals surface area contributed by atoms with E-state index in [-0.39, 0.29) is 22.8 Å². The summed E-state index contributed by atoms with van der Waals surface area (Å²) in [4.78, 5) is 27.3. The van der Waals surface area contributed by atoms with E-state index in [1.165, 1.54) is 11.1 Å². The summed E-state index contributed by atoms with van der Waals surface area (Å²) in [6.45, 7) is 23.7. The fourth-order valence-electron chi connectivity index (χ4n) is 10.2. The molecule has 242 valence electrons. The molecule has 2 aromatic carbocycles. The van der Waals surface area contributed by atoms with Gasteiger partial charge in [0.1, 0.15) is 17.5 Å². The number of benzene rings is 2. The average molecular weight is 622 g/mol. The van der Waals surface area contributed by atoms with Gasteiger partial charge in [-0.3, -0.25) is 4.79 Å². The number of amides is 1. The summed E-state index contributed by atoms with van der Waals surface area (Å²) in [7, 11) is 4.10. The number of carbonyl (C=O) groups is 1. The van der Waals surface area contributed by atoms with Crippen molar-refractivity contribution in [1.29, 1.82) is 0 Å². The monoisotopic (exact) mass is 621 g/mol. The normalized spacial score (nSPS) is 32.7. The summed E-state index contributed by atoms with van der Waals surface area (Å²) in [6, 6.07) is 9.48. The quantitative estimate of drug-likeness (QED) is 0.199. The predicted octanol–water partition coefficient (Wildman–Crippen LogP) is 6.84. The van der Waals surface area contributed by atoms with Gasteiger partial charge in [0.2, 0.25) is 5.91 Å². The number of aliphatic hydroxyl groups is 1. The van der Waals surface area contributed by atoms with Crippen molar-refractivity contribution in [2.45, 2.75) is 65.5 Å². The average Bonchev–Trinajstić information content (AvgIpc) is 2.96. The molecule has 6 rings (SSSR count). The summed E-state index contributed by atoms with van der Waals surface area (Å²) in [5.41, 5.74) is 13.6. The van der Waals surface area contributed by atoms with Crippen molar-refractivity contribution < 1.29 is 9.90 Å². The van der Waals surface area contributed by atoms with E-state index in [2.05, 4.69) is 79.8 Å². The molecule has 3 unspecified atom stereocenters. The number of primary amides is 1. The van der Waals surface area contributed by atoms with E-state index in [1.807, 2.05) is 33.2 Å². The zero-order valence-corrected chi connectivity index (χ0v) is 28.2. The van der Waals surface area contributed by atoms with Gasteiger partial charge in [-0.25, -0.2) is 0 Å². The summed E-state index contributed by atoms with van der Waals surface area (Å²) < 4.78 is 0. The van der Waals surface area contributed by atoms with Gasteiger partial charge in [-0.05, 0) is 114 Å². The van der Waals surface area contributed by atoms with Crippen LogP contribution in [0.5, 0.6) is 0 Å². The first-order chi connectivity index (χ1) is 21.5. The molecule has 0 bridgehead atoms. The van der Waals surface area contributed by atoms with Gasteiger partial charge in [-0.15, -0.1) is 0 Å². The Morgan fingerprint density at radius 2 is 1.78 bits per heavy atom. The molecule has 0 radical (unpaired) electrons. The molecule has 1 spiro atoms. The number of aryl methyl sites for hydroxylation is 1. The number of hydrogen-bond donors (Lipinski definition) is 4. The van der Waals surface area contributed by atoms with Crippen molar-refractivity contribution in [3.05, 3.63) is 99.8 Å². The summed E-state index contributed by atoms with van der Waals surface area (Å²) in [6.07, 6.45) is 2.06. The maximum absolute atomic E-state index is 12.9. The third-order valence-corrected chi connectivity index (χ3v) is 11.8. The van der Waals surface area contributed by atoms with E-state index in [0.29, 0.717) is 18.7 Å². The number of anilines is 3. The SMILES string of the molecule is C=C(Nc1ccc(C)cc1)Nc1cc(N(C)C)c2c(c1C)C(=C)C1=C(C)[C@]3(O)C(=C)C(C(N)=O)C(N=O)[C@H]4C(C)C[C@]43C[C@]1(C)C2. The molecule has 4 aliphatic carbocycles. The number of carbonyl (C=O) groups excluding carboxylic acids is 1. The van der Waals surface area contributed by atoms with E-state index < -0.39 is 28.9 Å². The fourth-order valence-corrected chi connectivity index (χ4v) is 10.2. The maximum Gasteiger partial charge on any atom is 0.227 e. The van der Waals surface area contributed by atoms with Crippen molar-refractivity contribution in [3.63, 3.8) is 0 Å². The first-order valence-corrected chi connectivity index (χ1v) is 16.1. The largest absolute Gasteiger partial charge is 0.380 e. The van der Waals surface area contributed by atoms with Crippen molar-refractivity contribution in [2.24, 2.45) is 39.5 Å². The molecule has 7 atom stereocenters. The summed E-state index contributed by atoms with van der Waals surface area (Å²) in [5, 5.41) is 23.3. The smallest absolute Gasteiger partial charge is 0.227 e. The zero-order valence-electron chi connectivity index (χ0n) is 28.2. The van der Waals surface area contributed by atoms with Crippen LogP contribution < -0.4 is 21.3 Å². The molecule has 8 nitrogen and oxygen atoms in total. The fraction of sp³-hybridized carbons (Fsp3) is 0.447. The van der Waals surface area contributed by atoms with Crippen LogP contribution in [0.2, 0.25) is 0 Å². The molecule has 0 saturated heterocycles. The zero-order chi connectivity index (χ0) is 33.7. The molecule has 4 aliphatic rings. The minimum atomic E-state index is -1.51. The number of hydrogen-bond acceptors (Lipinski definition) is 7. The number of rotatable bonds is 7. The highest BCUT2D eigenvalue weighted by atomic mass is 16.3. The molecule has 5 N–H and O–H groups in total. The van der Waals surface area contributed by atoms with Crippen LogP contribution in [0.1, 0.15) is 55.9 Å². The second-order valence-corrected chi connectivity index (χ2v) is 14.9. The summed E-state index contributed by atoms with van der Waals surface area (Å²) in [5.74, 6) is -1.23. The molecule has 2 aromatic rings. The third kappa shape index (κ3) is 4.11. The lowest BCUT2D eigenvalue weighted by atomic mass is 9.33. The molecule has 46 heavy (non-hydrogen) atoms. The van der Waals surface area contributed by atoms with E-state index in [9.17, 15) is 14.8 Å². The van der Waals surface area contributed by atoms with E-state index in [4.69, 9.17) is 12.3 Å². The van der Waals surface area contributed by atoms with E-state index >= 15 is 0 Å². The van der Waals surface area contributed by atoms with Gasteiger partial charge in [-0.2, -0.15) is 4.91 Å². The Kier molecular flexibility index (Phi) is 7.21. The second kappa shape index (κ2) is 10.4. The van der Waals surface area contributed by atoms with Crippen LogP contribution in [-0.4, -0.2) is 36.8 Å². The maximum atomic E-state index is 12.9. The van der Waals surface area contributed by atoms with Crippen LogP contribution >= 0.6 is 0 Å². The standard InChI is InChI=1S/C38H47N5O3/c1-19-11-13-26(14-12-19)40-25(7)41-28-15-29(43(9)10)27-17-36(8)18-37-16-20(2)32(37)34(42-46)31(35(39)44)23(5)38(37,45)24(6)33(36)22(4)30(27)21(28)3/h11-15,20,31-32,34,40-41,45H,4-5,7,16-18H2,1-3,6,8-10H3,(H2,39,44)/t20?,31?,32-,34?,36+,37+,38-/m1/s1. The number of nitrogens with zero attached hydrogens (tertiary/aromatic N) is 2. The highest BCUT2D eigenvalue weighted by molar-refractivity contribution is 5.92. The first-order valence-electron chi connectivity index (χ1n) is 16.1. The van der Waals surface area contributed by atoms with Gasteiger partial charge in [0.15, 0.2) is 0 Å². The minimum Gasteiger partial charge on any atom is -0.380 e. The van der Waals surface area contributed by atoms with Crippen LogP contribution in [-0.2, 0) is 11.2 Å².